The second-order valence-corrected chi connectivity index (χ2v) is 6.87. The van der Waals surface area contributed by atoms with E-state index in [0.717, 1.165) is 11.6 Å². The zero-order valence-corrected chi connectivity index (χ0v) is 13.2. The Hall–Kier alpha value is -1.19. The van der Waals surface area contributed by atoms with Crippen LogP contribution in [-0.2, 0) is 0 Å². The van der Waals surface area contributed by atoms with Crippen molar-refractivity contribution in [3.8, 4) is 0 Å². The van der Waals surface area contributed by atoms with Crippen LogP contribution in [0.4, 0.5) is 0 Å². The predicted molar refractivity (Wildman–Crippen MR) is 85.4 cm³/mol. The predicted octanol–water partition coefficient (Wildman–Crippen LogP) is 4.42. The summed E-state index contributed by atoms with van der Waals surface area (Å²) in [4.78, 5) is 4.72. The van der Waals surface area contributed by atoms with Crippen molar-refractivity contribution < 1.29 is 0 Å². The van der Waals surface area contributed by atoms with Crippen molar-refractivity contribution in [3.05, 3.63) is 51.5 Å². The van der Waals surface area contributed by atoms with E-state index in [1.807, 2.05) is 0 Å². The maximum atomic E-state index is 4.72. The summed E-state index contributed by atoms with van der Waals surface area (Å²) in [6.07, 6.45) is 2.67. The van der Waals surface area contributed by atoms with E-state index in [2.05, 4.69) is 55.7 Å². The lowest BCUT2D eigenvalue weighted by Gasteiger charge is -2.22. The van der Waals surface area contributed by atoms with Crippen LogP contribution >= 0.6 is 11.3 Å². The third-order valence-electron chi connectivity index (χ3n) is 3.71. The summed E-state index contributed by atoms with van der Waals surface area (Å²) in [7, 11) is 0. The average molecular weight is 286 g/mol. The lowest BCUT2D eigenvalue weighted by atomic mass is 9.97. The van der Waals surface area contributed by atoms with E-state index >= 15 is 0 Å². The molecule has 0 spiro atoms. The molecule has 1 unspecified atom stereocenters. The lowest BCUT2D eigenvalue weighted by molar-refractivity contribution is 0.524. The number of rotatable bonds is 5. The highest BCUT2D eigenvalue weighted by Crippen LogP contribution is 2.44. The second kappa shape index (κ2) is 5.66. The van der Waals surface area contributed by atoms with Gasteiger partial charge in [0.25, 0.3) is 0 Å². The van der Waals surface area contributed by atoms with Gasteiger partial charge >= 0.3 is 0 Å². The maximum absolute atomic E-state index is 4.72. The highest BCUT2D eigenvalue weighted by molar-refractivity contribution is 7.09. The first kappa shape index (κ1) is 13.8. The Morgan fingerprint density at radius 3 is 2.60 bits per heavy atom. The first-order chi connectivity index (χ1) is 9.65. The summed E-state index contributed by atoms with van der Waals surface area (Å²) in [5, 5.41) is 7.02. The minimum Gasteiger partial charge on any atom is -0.302 e. The smallest absolute Gasteiger partial charge is 0.114 e. The Morgan fingerprint density at radius 2 is 2.00 bits per heavy atom. The van der Waals surface area contributed by atoms with Crippen molar-refractivity contribution in [2.24, 2.45) is 0 Å². The molecule has 1 saturated carbocycles. The van der Waals surface area contributed by atoms with Gasteiger partial charge in [-0.3, -0.25) is 0 Å². The summed E-state index contributed by atoms with van der Waals surface area (Å²) in [5.74, 6) is 0.767. The number of hydrogen-bond acceptors (Lipinski definition) is 3. The van der Waals surface area contributed by atoms with Crippen LogP contribution in [0.2, 0.25) is 0 Å². The topological polar surface area (TPSA) is 24.9 Å². The Morgan fingerprint density at radius 1 is 1.25 bits per heavy atom. The highest BCUT2D eigenvalue weighted by atomic mass is 32.1. The molecule has 1 aliphatic rings. The molecule has 2 aromatic rings. The molecular weight excluding hydrogens is 264 g/mol. The van der Waals surface area contributed by atoms with Crippen LogP contribution < -0.4 is 5.32 Å². The van der Waals surface area contributed by atoms with Crippen LogP contribution in [0.5, 0.6) is 0 Å². The zero-order chi connectivity index (χ0) is 14.1. The monoisotopic (exact) mass is 286 g/mol. The van der Waals surface area contributed by atoms with E-state index in [1.165, 1.54) is 29.0 Å². The summed E-state index contributed by atoms with van der Waals surface area (Å²) in [6.45, 7) is 6.47. The Balaban J connectivity index is 2.00. The van der Waals surface area contributed by atoms with Crippen molar-refractivity contribution >= 4 is 11.3 Å². The Kier molecular flexibility index (Phi) is 3.90. The van der Waals surface area contributed by atoms with Gasteiger partial charge in [-0.15, -0.1) is 11.3 Å². The molecule has 3 rings (SSSR count). The van der Waals surface area contributed by atoms with Crippen molar-refractivity contribution in [2.75, 3.05) is 0 Å². The molecule has 1 aromatic heterocycles. The number of nitrogens with one attached hydrogen (secondary N) is 1. The van der Waals surface area contributed by atoms with Gasteiger partial charge in [0.2, 0.25) is 0 Å². The fourth-order valence-electron chi connectivity index (χ4n) is 2.67. The van der Waals surface area contributed by atoms with Crippen LogP contribution in [0.25, 0.3) is 0 Å². The summed E-state index contributed by atoms with van der Waals surface area (Å²) in [5.41, 5.74) is 4.04. The van der Waals surface area contributed by atoms with E-state index < -0.39 is 0 Å². The second-order valence-electron chi connectivity index (χ2n) is 5.98. The van der Waals surface area contributed by atoms with Crippen LogP contribution in [0, 0.1) is 6.92 Å². The average Bonchev–Trinajstić information content (AvgIpc) is 3.18. The maximum Gasteiger partial charge on any atom is 0.114 e. The van der Waals surface area contributed by atoms with Crippen molar-refractivity contribution in [2.45, 2.75) is 51.6 Å². The molecule has 0 aliphatic heterocycles. The molecule has 1 N–H and O–H groups in total. The van der Waals surface area contributed by atoms with Crippen LogP contribution in [-0.4, -0.2) is 11.0 Å². The van der Waals surface area contributed by atoms with E-state index in [9.17, 15) is 0 Å². The van der Waals surface area contributed by atoms with Gasteiger partial charge in [-0.05, 0) is 50.7 Å². The first-order valence-electron chi connectivity index (χ1n) is 7.42. The molecule has 0 saturated heterocycles. The number of hydrogen-bond donors (Lipinski definition) is 1. The molecule has 1 heterocycles. The minimum atomic E-state index is 0.227. The van der Waals surface area contributed by atoms with Gasteiger partial charge in [-0.1, -0.05) is 24.3 Å². The molecule has 2 nitrogen and oxygen atoms in total. The van der Waals surface area contributed by atoms with Crippen LogP contribution in [0.3, 0.4) is 0 Å². The molecular formula is C17H22N2S. The van der Waals surface area contributed by atoms with Gasteiger partial charge in [0.1, 0.15) is 5.01 Å². The number of nitrogens with zero attached hydrogens (tertiary/aromatic N) is 1. The van der Waals surface area contributed by atoms with Gasteiger partial charge in [0, 0.05) is 17.1 Å². The largest absolute Gasteiger partial charge is 0.302 e. The van der Waals surface area contributed by atoms with E-state index in [1.54, 1.807) is 11.3 Å². The van der Waals surface area contributed by atoms with Gasteiger partial charge in [-0.25, -0.2) is 4.98 Å². The molecule has 20 heavy (non-hydrogen) atoms. The minimum absolute atomic E-state index is 0.227. The summed E-state index contributed by atoms with van der Waals surface area (Å²) in [6, 6.07) is 9.54. The van der Waals surface area contributed by atoms with E-state index in [-0.39, 0.29) is 6.04 Å². The molecule has 0 amide bonds. The zero-order valence-electron chi connectivity index (χ0n) is 12.4. The molecule has 1 atom stereocenters. The third kappa shape index (κ3) is 2.94. The van der Waals surface area contributed by atoms with Gasteiger partial charge < -0.3 is 5.32 Å². The van der Waals surface area contributed by atoms with Crippen molar-refractivity contribution in [1.29, 1.82) is 0 Å². The highest BCUT2D eigenvalue weighted by Gasteiger charge is 2.29. The molecule has 1 aromatic carbocycles. The summed E-state index contributed by atoms with van der Waals surface area (Å²) < 4.78 is 0. The number of aryl methyl sites for hydroxylation is 1. The number of benzene rings is 1. The van der Waals surface area contributed by atoms with Crippen LogP contribution in [0.1, 0.15) is 60.5 Å². The van der Waals surface area contributed by atoms with E-state index in [4.69, 9.17) is 4.98 Å². The van der Waals surface area contributed by atoms with Gasteiger partial charge in [0.05, 0.1) is 6.04 Å². The molecule has 3 heteroatoms. The van der Waals surface area contributed by atoms with Crippen molar-refractivity contribution in [3.63, 3.8) is 0 Å². The Labute approximate surface area is 125 Å². The standard InChI is InChI=1S/C17H22N2S/c1-11(2)18-16(17-19-12(3)10-20-17)15-7-5-4-6-14(15)13-8-9-13/h4-7,10-11,13,16,18H,8-9H2,1-3H3. The molecule has 106 valence electrons. The Bertz CT molecular complexity index is 584. The quantitative estimate of drug-likeness (QED) is 0.880. The molecule has 1 aliphatic carbocycles. The number of aromatic nitrogens is 1. The molecule has 0 radical (unpaired) electrons. The van der Waals surface area contributed by atoms with E-state index in [0.29, 0.717) is 6.04 Å². The van der Waals surface area contributed by atoms with Crippen LogP contribution in [0.15, 0.2) is 29.6 Å². The third-order valence-corrected chi connectivity index (χ3v) is 4.74. The normalized spacial score (nSPS) is 16.6. The van der Waals surface area contributed by atoms with Gasteiger partial charge in [0.15, 0.2) is 0 Å². The summed E-state index contributed by atoms with van der Waals surface area (Å²) >= 11 is 1.76. The fourth-order valence-corrected chi connectivity index (χ4v) is 3.54. The molecule has 0 bridgehead atoms. The SMILES string of the molecule is Cc1csc(C(NC(C)C)c2ccccc2C2CC2)n1. The van der Waals surface area contributed by atoms with Gasteiger partial charge in [-0.2, -0.15) is 0 Å². The fraction of sp³-hybridized carbons (Fsp3) is 0.471. The first-order valence-corrected chi connectivity index (χ1v) is 8.30. The lowest BCUT2D eigenvalue weighted by Crippen LogP contribution is -2.29. The molecule has 1 fully saturated rings. The number of thiazole rings is 1. The van der Waals surface area contributed by atoms with Crippen molar-refractivity contribution in [1.82, 2.24) is 10.3 Å².